The van der Waals surface area contributed by atoms with Crippen molar-refractivity contribution in [3.05, 3.63) is 0 Å². The summed E-state index contributed by atoms with van der Waals surface area (Å²) in [6, 6.07) is -0.153. The summed E-state index contributed by atoms with van der Waals surface area (Å²) in [5, 5.41) is 0. The maximum Gasteiger partial charge on any atom is 0.115 e. The minimum absolute atomic E-state index is 0. The normalized spacial score (nSPS) is 36.8. The summed E-state index contributed by atoms with van der Waals surface area (Å²) >= 11 is 0. The van der Waals surface area contributed by atoms with Crippen LogP contribution in [0, 0.1) is 0 Å². The molecular formula is C5H11ClFN. The summed E-state index contributed by atoms with van der Waals surface area (Å²) < 4.78 is 12.2. The molecule has 1 fully saturated rings. The van der Waals surface area contributed by atoms with E-state index in [4.69, 9.17) is 5.73 Å². The highest BCUT2D eigenvalue weighted by atomic mass is 35.5. The van der Waals surface area contributed by atoms with Crippen molar-refractivity contribution in [3.8, 4) is 0 Å². The minimum Gasteiger partial charge on any atom is -0.325 e. The molecule has 1 nitrogen and oxygen atoms in total. The first-order chi connectivity index (χ1) is 3.30. The zero-order chi connectivity index (χ0) is 5.28. The fraction of sp³-hybridized carbons (Fsp3) is 1.00. The Bertz CT molecular complexity index is 61.4. The molecule has 2 atom stereocenters. The standard InChI is InChI=1S/C5H10FN.ClH/c6-4-2-1-3-5(4)7;/h4-5H,1-3,7H2;1H/t4-,5-;/m1./s1. The Balaban J connectivity index is 0.000000490. The highest BCUT2D eigenvalue weighted by molar-refractivity contribution is 5.85. The third-order valence-electron chi connectivity index (χ3n) is 1.48. The van der Waals surface area contributed by atoms with E-state index in [0.717, 1.165) is 12.8 Å². The molecule has 3 heteroatoms. The van der Waals surface area contributed by atoms with E-state index in [-0.39, 0.29) is 18.4 Å². The summed E-state index contributed by atoms with van der Waals surface area (Å²) in [4.78, 5) is 0. The lowest BCUT2D eigenvalue weighted by Gasteiger charge is -2.01. The first kappa shape index (κ1) is 8.18. The minimum atomic E-state index is -0.708. The van der Waals surface area contributed by atoms with Gasteiger partial charge in [0.2, 0.25) is 0 Å². The van der Waals surface area contributed by atoms with Crippen LogP contribution in [0.5, 0.6) is 0 Å². The van der Waals surface area contributed by atoms with Crippen LogP contribution in [0.1, 0.15) is 19.3 Å². The Labute approximate surface area is 54.9 Å². The van der Waals surface area contributed by atoms with Crippen LogP contribution in [0.15, 0.2) is 0 Å². The van der Waals surface area contributed by atoms with Crippen LogP contribution in [0.25, 0.3) is 0 Å². The van der Waals surface area contributed by atoms with Gasteiger partial charge in [0, 0.05) is 6.04 Å². The number of halogens is 2. The van der Waals surface area contributed by atoms with Gasteiger partial charge in [-0.3, -0.25) is 0 Å². The van der Waals surface area contributed by atoms with Gasteiger partial charge in [0.25, 0.3) is 0 Å². The molecule has 1 aliphatic rings. The van der Waals surface area contributed by atoms with Crippen molar-refractivity contribution < 1.29 is 4.39 Å². The fourth-order valence-corrected chi connectivity index (χ4v) is 0.943. The number of hydrogen-bond acceptors (Lipinski definition) is 1. The number of nitrogens with two attached hydrogens (primary N) is 1. The molecule has 0 saturated heterocycles. The maximum atomic E-state index is 12.2. The number of rotatable bonds is 0. The first-order valence-corrected chi connectivity index (χ1v) is 2.70. The van der Waals surface area contributed by atoms with E-state index in [0.29, 0.717) is 6.42 Å². The predicted molar refractivity (Wildman–Crippen MR) is 34.0 cm³/mol. The summed E-state index contributed by atoms with van der Waals surface area (Å²) in [6.45, 7) is 0. The van der Waals surface area contributed by atoms with E-state index in [1.807, 2.05) is 0 Å². The quantitative estimate of drug-likeness (QED) is 0.537. The molecule has 1 saturated carbocycles. The Morgan fingerprint density at radius 2 is 2.00 bits per heavy atom. The molecule has 2 N–H and O–H groups in total. The Morgan fingerprint density at radius 1 is 1.38 bits per heavy atom. The zero-order valence-corrected chi connectivity index (χ0v) is 5.46. The van der Waals surface area contributed by atoms with Crippen molar-refractivity contribution in [2.75, 3.05) is 0 Å². The molecule has 0 radical (unpaired) electrons. The van der Waals surface area contributed by atoms with E-state index >= 15 is 0 Å². The van der Waals surface area contributed by atoms with Gasteiger partial charge in [-0.2, -0.15) is 0 Å². The second-order valence-electron chi connectivity index (χ2n) is 2.11. The van der Waals surface area contributed by atoms with Crippen LogP contribution in [0.2, 0.25) is 0 Å². The van der Waals surface area contributed by atoms with Crippen molar-refractivity contribution >= 4 is 12.4 Å². The van der Waals surface area contributed by atoms with Crippen LogP contribution in [0.3, 0.4) is 0 Å². The predicted octanol–water partition coefficient (Wildman–Crippen LogP) is 1.26. The lowest BCUT2D eigenvalue weighted by atomic mass is 10.2. The average Bonchev–Trinajstić information content (AvgIpc) is 1.91. The molecule has 50 valence electrons. The van der Waals surface area contributed by atoms with Crippen molar-refractivity contribution in [2.45, 2.75) is 31.5 Å². The van der Waals surface area contributed by atoms with Crippen LogP contribution < -0.4 is 5.73 Å². The van der Waals surface area contributed by atoms with Crippen LogP contribution >= 0.6 is 12.4 Å². The van der Waals surface area contributed by atoms with Gasteiger partial charge in [-0.05, 0) is 19.3 Å². The zero-order valence-electron chi connectivity index (χ0n) is 4.64. The van der Waals surface area contributed by atoms with E-state index in [1.54, 1.807) is 0 Å². The van der Waals surface area contributed by atoms with Gasteiger partial charge in [-0.15, -0.1) is 12.4 Å². The van der Waals surface area contributed by atoms with Gasteiger partial charge >= 0.3 is 0 Å². The molecule has 1 aliphatic carbocycles. The molecule has 0 spiro atoms. The second-order valence-corrected chi connectivity index (χ2v) is 2.11. The van der Waals surface area contributed by atoms with Gasteiger partial charge < -0.3 is 5.73 Å². The lowest BCUT2D eigenvalue weighted by molar-refractivity contribution is 0.312. The van der Waals surface area contributed by atoms with Crippen LogP contribution in [-0.2, 0) is 0 Å². The molecule has 8 heavy (non-hydrogen) atoms. The average molecular weight is 140 g/mol. The van der Waals surface area contributed by atoms with Crippen LogP contribution in [0.4, 0.5) is 4.39 Å². The van der Waals surface area contributed by atoms with E-state index in [2.05, 4.69) is 0 Å². The molecule has 0 aromatic heterocycles. The monoisotopic (exact) mass is 139 g/mol. The van der Waals surface area contributed by atoms with Crippen molar-refractivity contribution in [2.24, 2.45) is 5.73 Å². The topological polar surface area (TPSA) is 26.0 Å². The van der Waals surface area contributed by atoms with Gasteiger partial charge in [-0.1, -0.05) is 0 Å². The van der Waals surface area contributed by atoms with E-state index in [9.17, 15) is 4.39 Å². The first-order valence-electron chi connectivity index (χ1n) is 2.70. The van der Waals surface area contributed by atoms with Gasteiger partial charge in [0.1, 0.15) is 6.17 Å². The summed E-state index contributed by atoms with van der Waals surface area (Å²) in [5.41, 5.74) is 5.30. The van der Waals surface area contributed by atoms with Crippen LogP contribution in [-0.4, -0.2) is 12.2 Å². The molecule has 0 aromatic carbocycles. The lowest BCUT2D eigenvalue weighted by Crippen LogP contribution is -2.24. The SMILES string of the molecule is Cl.N[C@@H]1CCC[C@H]1F. The molecule has 0 unspecified atom stereocenters. The Hall–Kier alpha value is 0.180. The number of alkyl halides is 1. The summed E-state index contributed by atoms with van der Waals surface area (Å²) in [7, 11) is 0. The maximum absolute atomic E-state index is 12.2. The molecule has 0 heterocycles. The number of hydrogen-bond donors (Lipinski definition) is 1. The summed E-state index contributed by atoms with van der Waals surface area (Å²) in [5.74, 6) is 0. The molecule has 0 aromatic rings. The molecule has 0 amide bonds. The van der Waals surface area contributed by atoms with E-state index in [1.165, 1.54) is 0 Å². The Kier molecular flexibility index (Phi) is 3.33. The van der Waals surface area contributed by atoms with Crippen molar-refractivity contribution in [1.29, 1.82) is 0 Å². The molecule has 0 bridgehead atoms. The molecule has 0 aliphatic heterocycles. The van der Waals surface area contributed by atoms with Crippen molar-refractivity contribution in [3.63, 3.8) is 0 Å². The van der Waals surface area contributed by atoms with Gasteiger partial charge in [0.15, 0.2) is 0 Å². The molecule has 1 rings (SSSR count). The van der Waals surface area contributed by atoms with Crippen molar-refractivity contribution in [1.82, 2.24) is 0 Å². The van der Waals surface area contributed by atoms with Gasteiger partial charge in [0.05, 0.1) is 0 Å². The van der Waals surface area contributed by atoms with E-state index < -0.39 is 6.17 Å². The summed E-state index contributed by atoms with van der Waals surface area (Å²) in [6.07, 6.45) is 1.82. The second kappa shape index (κ2) is 3.25. The largest absolute Gasteiger partial charge is 0.325 e. The third kappa shape index (κ3) is 1.60. The molecular weight excluding hydrogens is 129 g/mol. The highest BCUT2D eigenvalue weighted by Crippen LogP contribution is 2.19. The Morgan fingerprint density at radius 3 is 2.12 bits per heavy atom. The highest BCUT2D eigenvalue weighted by Gasteiger charge is 2.22. The fourth-order valence-electron chi connectivity index (χ4n) is 0.943. The smallest absolute Gasteiger partial charge is 0.115 e. The third-order valence-corrected chi connectivity index (χ3v) is 1.48. The van der Waals surface area contributed by atoms with Gasteiger partial charge in [-0.25, -0.2) is 4.39 Å².